The van der Waals surface area contributed by atoms with Crippen LogP contribution in [0.15, 0.2) is 0 Å². The average Bonchev–Trinajstić information content (AvgIpc) is 1.53. The molecule has 0 heterocycles. The highest BCUT2D eigenvalue weighted by molar-refractivity contribution is 4.73. The quantitative estimate of drug-likeness (QED) is 0.577. The molecular weight excluding hydrogens is 132 g/mol. The summed E-state index contributed by atoms with van der Waals surface area (Å²) in [4.78, 5) is 0. The van der Waals surface area contributed by atoms with Crippen LogP contribution in [0.3, 0.4) is 0 Å². The van der Waals surface area contributed by atoms with Gasteiger partial charge in [0, 0.05) is 0 Å². The maximum atomic E-state index is 4.03. The van der Waals surface area contributed by atoms with E-state index in [2.05, 4.69) is 41.5 Å². The molecule has 1 radical (unpaired) electrons. The lowest BCUT2D eigenvalue weighted by molar-refractivity contribution is 0.242. The van der Waals surface area contributed by atoms with Gasteiger partial charge in [0.15, 0.2) is 0 Å². The van der Waals surface area contributed by atoms with Gasteiger partial charge in [0.2, 0.25) is 0 Å². The molecule has 1 unspecified atom stereocenters. The van der Waals surface area contributed by atoms with Crippen molar-refractivity contribution in [1.29, 1.82) is 0 Å². The largest absolute Gasteiger partial charge is 0.0628 e. The summed E-state index contributed by atoms with van der Waals surface area (Å²) >= 11 is 0. The molecule has 0 rings (SSSR count). The molecule has 0 aromatic carbocycles. The van der Waals surface area contributed by atoms with Crippen molar-refractivity contribution in [2.45, 2.75) is 47.5 Å². The van der Waals surface area contributed by atoms with E-state index in [1.54, 1.807) is 0 Å². The van der Waals surface area contributed by atoms with Crippen LogP contribution < -0.4 is 0 Å². The minimum atomic E-state index is 0.481. The van der Waals surface area contributed by atoms with Crippen LogP contribution in [0.4, 0.5) is 0 Å². The standard InChI is InChI=1S/C11H23/c1-9(2)7-11(5,6)8-10(3)4/h9-10H,1,7-8H2,2-6H3. The van der Waals surface area contributed by atoms with Crippen LogP contribution in [0, 0.1) is 24.2 Å². The van der Waals surface area contributed by atoms with Crippen molar-refractivity contribution >= 4 is 0 Å². The second kappa shape index (κ2) is 4.13. The van der Waals surface area contributed by atoms with Gasteiger partial charge in [-0.15, -0.1) is 0 Å². The van der Waals surface area contributed by atoms with E-state index in [0.29, 0.717) is 11.3 Å². The van der Waals surface area contributed by atoms with Gasteiger partial charge in [-0.3, -0.25) is 0 Å². The van der Waals surface area contributed by atoms with Crippen molar-refractivity contribution in [3.05, 3.63) is 6.92 Å². The molecule has 0 saturated carbocycles. The van der Waals surface area contributed by atoms with E-state index >= 15 is 0 Å². The Morgan fingerprint density at radius 2 is 1.55 bits per heavy atom. The van der Waals surface area contributed by atoms with Gasteiger partial charge >= 0.3 is 0 Å². The fourth-order valence-electron chi connectivity index (χ4n) is 2.13. The zero-order valence-electron chi connectivity index (χ0n) is 8.78. The first-order valence-corrected chi connectivity index (χ1v) is 4.66. The lowest BCUT2D eigenvalue weighted by Gasteiger charge is -2.28. The van der Waals surface area contributed by atoms with Gasteiger partial charge in [-0.05, 0) is 30.1 Å². The second-order valence-electron chi connectivity index (χ2n) is 5.07. The van der Waals surface area contributed by atoms with Gasteiger partial charge in [-0.1, -0.05) is 41.5 Å². The lowest BCUT2D eigenvalue weighted by Crippen LogP contribution is -2.16. The van der Waals surface area contributed by atoms with Crippen LogP contribution in [0.25, 0.3) is 0 Å². The maximum Gasteiger partial charge on any atom is -0.0349 e. The third kappa shape index (κ3) is 6.40. The van der Waals surface area contributed by atoms with E-state index in [1.807, 2.05) is 0 Å². The van der Waals surface area contributed by atoms with Gasteiger partial charge < -0.3 is 0 Å². The monoisotopic (exact) mass is 155 g/mol. The Bertz CT molecular complexity index is 86.6. The number of hydrogen-bond acceptors (Lipinski definition) is 0. The smallest absolute Gasteiger partial charge is 0.0349 e. The molecule has 0 heteroatoms. The molecule has 67 valence electrons. The Morgan fingerprint density at radius 3 is 1.82 bits per heavy atom. The van der Waals surface area contributed by atoms with E-state index in [4.69, 9.17) is 0 Å². The molecule has 0 saturated heterocycles. The van der Waals surface area contributed by atoms with Gasteiger partial charge in [-0.25, -0.2) is 0 Å². The summed E-state index contributed by atoms with van der Waals surface area (Å²) in [6.45, 7) is 15.5. The fourth-order valence-corrected chi connectivity index (χ4v) is 2.13. The SMILES string of the molecule is [CH2]C(C)CC(C)(C)CC(C)C. The summed E-state index contributed by atoms with van der Waals surface area (Å²) in [5.41, 5.74) is 0.481. The molecule has 0 nitrogen and oxygen atoms in total. The molecule has 0 aromatic heterocycles. The Hall–Kier alpha value is 0. The van der Waals surface area contributed by atoms with E-state index < -0.39 is 0 Å². The maximum absolute atomic E-state index is 4.03. The molecule has 0 aliphatic heterocycles. The van der Waals surface area contributed by atoms with E-state index in [-0.39, 0.29) is 0 Å². The highest BCUT2D eigenvalue weighted by atomic mass is 14.3. The summed E-state index contributed by atoms with van der Waals surface area (Å²) in [5, 5.41) is 0. The Kier molecular flexibility index (Phi) is 4.13. The first kappa shape index (κ1) is 11.0. The summed E-state index contributed by atoms with van der Waals surface area (Å²) in [7, 11) is 0. The van der Waals surface area contributed by atoms with Crippen LogP contribution in [-0.2, 0) is 0 Å². The molecule has 0 fully saturated rings. The molecule has 0 aliphatic rings. The summed E-state index contributed by atoms with van der Waals surface area (Å²) in [6, 6.07) is 0. The highest BCUT2D eigenvalue weighted by Crippen LogP contribution is 2.31. The zero-order chi connectivity index (χ0) is 9.07. The third-order valence-corrected chi connectivity index (χ3v) is 1.86. The van der Waals surface area contributed by atoms with Crippen LogP contribution in [-0.4, -0.2) is 0 Å². The van der Waals surface area contributed by atoms with Gasteiger partial charge in [0.25, 0.3) is 0 Å². The molecule has 1 atom stereocenters. The summed E-state index contributed by atoms with van der Waals surface area (Å²) in [5.74, 6) is 1.40. The highest BCUT2D eigenvalue weighted by Gasteiger charge is 2.20. The molecule has 11 heavy (non-hydrogen) atoms. The van der Waals surface area contributed by atoms with Crippen molar-refractivity contribution in [2.24, 2.45) is 17.3 Å². The minimum absolute atomic E-state index is 0.481. The van der Waals surface area contributed by atoms with Gasteiger partial charge in [0.1, 0.15) is 0 Å². The normalized spacial score (nSPS) is 13.1. The first-order chi connectivity index (χ1) is 4.83. The lowest BCUT2D eigenvalue weighted by atomic mass is 9.78. The number of rotatable bonds is 4. The van der Waals surface area contributed by atoms with Crippen molar-refractivity contribution in [3.8, 4) is 0 Å². The summed E-state index contributed by atoms with van der Waals surface area (Å²) < 4.78 is 0. The fraction of sp³-hybridized carbons (Fsp3) is 0.909. The van der Waals surface area contributed by atoms with Crippen molar-refractivity contribution in [1.82, 2.24) is 0 Å². The van der Waals surface area contributed by atoms with Crippen LogP contribution >= 0.6 is 0 Å². The third-order valence-electron chi connectivity index (χ3n) is 1.86. The second-order valence-corrected chi connectivity index (χ2v) is 5.07. The molecule has 0 spiro atoms. The Morgan fingerprint density at radius 1 is 1.09 bits per heavy atom. The van der Waals surface area contributed by atoms with E-state index in [1.165, 1.54) is 12.8 Å². The molecule has 0 bridgehead atoms. The predicted molar refractivity (Wildman–Crippen MR) is 52.4 cm³/mol. The van der Waals surface area contributed by atoms with Crippen molar-refractivity contribution in [2.75, 3.05) is 0 Å². The van der Waals surface area contributed by atoms with Crippen LogP contribution in [0.2, 0.25) is 0 Å². The predicted octanol–water partition coefficient (Wildman–Crippen LogP) is 3.92. The molecule has 0 aromatic rings. The molecule has 0 aliphatic carbocycles. The average molecular weight is 155 g/mol. The molecule has 0 amide bonds. The van der Waals surface area contributed by atoms with Crippen LogP contribution in [0.5, 0.6) is 0 Å². The first-order valence-electron chi connectivity index (χ1n) is 4.66. The topological polar surface area (TPSA) is 0 Å². The minimum Gasteiger partial charge on any atom is -0.0628 e. The van der Waals surface area contributed by atoms with Crippen molar-refractivity contribution in [3.63, 3.8) is 0 Å². The van der Waals surface area contributed by atoms with Crippen LogP contribution in [0.1, 0.15) is 47.5 Å². The summed E-state index contributed by atoms with van der Waals surface area (Å²) in [6.07, 6.45) is 2.55. The molecule has 0 N–H and O–H groups in total. The number of hydrogen-bond donors (Lipinski definition) is 0. The van der Waals surface area contributed by atoms with E-state index in [0.717, 1.165) is 5.92 Å². The zero-order valence-corrected chi connectivity index (χ0v) is 8.78. The Labute approximate surface area is 72.4 Å². The van der Waals surface area contributed by atoms with E-state index in [9.17, 15) is 0 Å². The molecular formula is C11H23. The van der Waals surface area contributed by atoms with Gasteiger partial charge in [-0.2, -0.15) is 0 Å². The van der Waals surface area contributed by atoms with Crippen molar-refractivity contribution < 1.29 is 0 Å². The Balaban J connectivity index is 3.79. The van der Waals surface area contributed by atoms with Gasteiger partial charge in [0.05, 0.1) is 0 Å².